The van der Waals surface area contributed by atoms with Crippen LogP contribution in [0.5, 0.6) is 0 Å². The number of aryl methyl sites for hydroxylation is 1. The fourth-order valence-corrected chi connectivity index (χ4v) is 2.91. The first-order valence-corrected chi connectivity index (χ1v) is 8.77. The van der Waals surface area contributed by atoms with Crippen molar-refractivity contribution in [2.24, 2.45) is 0 Å². The van der Waals surface area contributed by atoms with Gasteiger partial charge in [0.15, 0.2) is 0 Å². The summed E-state index contributed by atoms with van der Waals surface area (Å²) in [6.45, 7) is 3.26. The predicted molar refractivity (Wildman–Crippen MR) is 86.5 cm³/mol. The van der Waals surface area contributed by atoms with Crippen LogP contribution in [0.15, 0.2) is 33.6 Å². The number of hydrogen-bond acceptors (Lipinski definition) is 7. The maximum absolute atomic E-state index is 12.1. The van der Waals surface area contributed by atoms with Gasteiger partial charge in [-0.25, -0.2) is 13.1 Å². The van der Waals surface area contributed by atoms with Gasteiger partial charge in [0.2, 0.25) is 15.9 Å². The average molecular weight is 339 g/mol. The third-order valence-corrected chi connectivity index (χ3v) is 4.52. The van der Waals surface area contributed by atoms with E-state index < -0.39 is 10.0 Å². The first-order chi connectivity index (χ1) is 11.0. The summed E-state index contributed by atoms with van der Waals surface area (Å²) in [6.07, 6.45) is 0.592. The van der Waals surface area contributed by atoms with E-state index in [9.17, 15) is 8.42 Å². The van der Waals surface area contributed by atoms with Gasteiger partial charge in [0, 0.05) is 13.1 Å². The highest BCUT2D eigenvalue weighted by atomic mass is 32.2. The maximum Gasteiger partial charge on any atom is 0.315 e. The molecule has 1 heterocycles. The minimum absolute atomic E-state index is 0.268. The Labute approximate surface area is 135 Å². The van der Waals surface area contributed by atoms with Crippen molar-refractivity contribution >= 4 is 16.0 Å². The highest BCUT2D eigenvalue weighted by molar-refractivity contribution is 7.89. The zero-order chi connectivity index (χ0) is 16.7. The molecule has 126 valence electrons. The third kappa shape index (κ3) is 5.31. The summed E-state index contributed by atoms with van der Waals surface area (Å²) in [5.74, 6) is 0.495. The molecule has 0 spiro atoms. The maximum atomic E-state index is 12.1. The third-order valence-electron chi connectivity index (χ3n) is 3.05. The van der Waals surface area contributed by atoms with Gasteiger partial charge in [-0.2, -0.15) is 0 Å². The Morgan fingerprint density at radius 2 is 1.87 bits per heavy atom. The Morgan fingerprint density at radius 1 is 1.13 bits per heavy atom. The predicted octanol–water partition coefficient (Wildman–Crippen LogP) is 0.878. The van der Waals surface area contributed by atoms with Crippen LogP contribution >= 0.6 is 0 Å². The van der Waals surface area contributed by atoms with Crippen LogP contribution in [-0.4, -0.2) is 38.8 Å². The summed E-state index contributed by atoms with van der Waals surface area (Å²) in [6, 6.07) is 7.06. The lowest BCUT2D eigenvalue weighted by atomic mass is 10.2. The molecule has 0 aliphatic carbocycles. The minimum atomic E-state index is -3.46. The monoisotopic (exact) mass is 339 g/mol. The van der Waals surface area contributed by atoms with Gasteiger partial charge in [-0.05, 0) is 32.5 Å². The molecule has 0 amide bonds. The van der Waals surface area contributed by atoms with Gasteiger partial charge in [-0.15, -0.1) is 5.10 Å². The number of rotatable bonds is 9. The summed E-state index contributed by atoms with van der Waals surface area (Å²) in [5.41, 5.74) is 1.02. The van der Waals surface area contributed by atoms with Crippen LogP contribution in [0.2, 0.25) is 0 Å². The molecular formula is C14H21N5O3S. The van der Waals surface area contributed by atoms with Gasteiger partial charge in [0.1, 0.15) is 0 Å². The second kappa shape index (κ2) is 8.04. The topological polar surface area (TPSA) is 109 Å². The number of nitrogens with one attached hydrogen (secondary N) is 3. The fourth-order valence-electron chi connectivity index (χ4n) is 1.84. The molecule has 0 aliphatic rings. The number of benzene rings is 1. The van der Waals surface area contributed by atoms with Gasteiger partial charge < -0.3 is 15.1 Å². The van der Waals surface area contributed by atoms with Crippen molar-refractivity contribution < 1.29 is 12.8 Å². The number of nitrogens with zero attached hydrogens (tertiary/aromatic N) is 2. The van der Waals surface area contributed by atoms with Crippen molar-refractivity contribution in [2.75, 3.05) is 25.5 Å². The molecule has 0 atom stereocenters. The largest absolute Gasteiger partial charge is 0.407 e. The van der Waals surface area contributed by atoms with Crippen molar-refractivity contribution in [1.29, 1.82) is 0 Å². The van der Waals surface area contributed by atoms with Crippen LogP contribution in [0.25, 0.3) is 0 Å². The van der Waals surface area contributed by atoms with E-state index in [1.165, 1.54) is 0 Å². The lowest BCUT2D eigenvalue weighted by Gasteiger charge is -2.07. The number of sulfonamides is 1. The Bertz CT molecular complexity index is 712. The molecule has 0 aliphatic heterocycles. The first-order valence-electron chi connectivity index (χ1n) is 7.28. The molecule has 0 unspecified atom stereocenters. The second-order valence-corrected chi connectivity index (χ2v) is 6.79. The molecule has 1 aromatic carbocycles. The standard InChI is InChI=1S/C14H21N5O3S/c1-11-4-6-12(7-5-11)23(20,21)17-9-3-8-16-14-19-18-13(22-14)10-15-2/h4-7,15,17H,3,8-10H2,1-2H3,(H,16,19). The molecule has 2 aromatic rings. The van der Waals surface area contributed by atoms with E-state index in [2.05, 4.69) is 25.6 Å². The van der Waals surface area contributed by atoms with Gasteiger partial charge in [0.25, 0.3) is 0 Å². The van der Waals surface area contributed by atoms with Crippen molar-refractivity contribution in [3.8, 4) is 0 Å². The minimum Gasteiger partial charge on any atom is -0.407 e. The molecule has 0 radical (unpaired) electrons. The lowest BCUT2D eigenvalue weighted by Crippen LogP contribution is -2.26. The van der Waals surface area contributed by atoms with E-state index in [1.807, 2.05) is 6.92 Å². The van der Waals surface area contributed by atoms with Crippen LogP contribution in [0.1, 0.15) is 17.9 Å². The summed E-state index contributed by atoms with van der Waals surface area (Å²) in [7, 11) is -1.67. The van der Waals surface area contributed by atoms with Crippen molar-refractivity contribution in [1.82, 2.24) is 20.2 Å². The van der Waals surface area contributed by atoms with Crippen LogP contribution in [0.4, 0.5) is 6.01 Å². The smallest absolute Gasteiger partial charge is 0.315 e. The highest BCUT2D eigenvalue weighted by Gasteiger charge is 2.12. The SMILES string of the molecule is CNCc1nnc(NCCCNS(=O)(=O)c2ccc(C)cc2)o1. The second-order valence-electron chi connectivity index (χ2n) is 5.02. The van der Waals surface area contributed by atoms with Crippen LogP contribution in [0.3, 0.4) is 0 Å². The summed E-state index contributed by atoms with van der Waals surface area (Å²) in [4.78, 5) is 0.268. The zero-order valence-corrected chi connectivity index (χ0v) is 14.0. The number of aromatic nitrogens is 2. The van der Waals surface area contributed by atoms with E-state index in [4.69, 9.17) is 4.42 Å². The molecule has 2 rings (SSSR count). The van der Waals surface area contributed by atoms with Crippen LogP contribution in [-0.2, 0) is 16.6 Å². The van der Waals surface area contributed by atoms with E-state index in [-0.39, 0.29) is 4.90 Å². The highest BCUT2D eigenvalue weighted by Crippen LogP contribution is 2.09. The quantitative estimate of drug-likeness (QED) is 0.582. The Morgan fingerprint density at radius 3 is 2.57 bits per heavy atom. The fraction of sp³-hybridized carbons (Fsp3) is 0.429. The Kier molecular flexibility index (Phi) is 6.08. The molecule has 23 heavy (non-hydrogen) atoms. The van der Waals surface area contributed by atoms with Crippen LogP contribution in [0, 0.1) is 6.92 Å². The lowest BCUT2D eigenvalue weighted by molar-refractivity contribution is 0.489. The van der Waals surface area contributed by atoms with Gasteiger partial charge >= 0.3 is 6.01 Å². The van der Waals surface area contributed by atoms with Crippen molar-refractivity contribution in [3.05, 3.63) is 35.7 Å². The molecule has 9 heteroatoms. The number of hydrogen-bond donors (Lipinski definition) is 3. The van der Waals surface area contributed by atoms with Gasteiger partial charge in [-0.3, -0.25) is 0 Å². The molecule has 1 aromatic heterocycles. The Hall–Kier alpha value is -1.97. The summed E-state index contributed by atoms with van der Waals surface area (Å²) >= 11 is 0. The zero-order valence-electron chi connectivity index (χ0n) is 13.2. The van der Waals surface area contributed by atoms with Crippen LogP contribution < -0.4 is 15.4 Å². The van der Waals surface area contributed by atoms with E-state index in [0.717, 1.165) is 5.56 Å². The molecule has 0 bridgehead atoms. The average Bonchev–Trinajstić information content (AvgIpc) is 2.95. The number of anilines is 1. The molecule has 8 nitrogen and oxygen atoms in total. The molecule has 3 N–H and O–H groups in total. The molecular weight excluding hydrogens is 318 g/mol. The van der Waals surface area contributed by atoms with Gasteiger partial charge in [-0.1, -0.05) is 22.8 Å². The molecule has 0 fully saturated rings. The van der Waals surface area contributed by atoms with E-state index in [1.54, 1.807) is 31.3 Å². The first kappa shape index (κ1) is 17.4. The van der Waals surface area contributed by atoms with Gasteiger partial charge in [0.05, 0.1) is 11.4 Å². The molecule has 0 saturated heterocycles. The van der Waals surface area contributed by atoms with E-state index in [0.29, 0.717) is 38.0 Å². The Balaban J connectivity index is 1.73. The van der Waals surface area contributed by atoms with E-state index >= 15 is 0 Å². The summed E-state index contributed by atoms with van der Waals surface area (Å²) in [5, 5.41) is 13.5. The van der Waals surface area contributed by atoms with Crippen molar-refractivity contribution in [3.63, 3.8) is 0 Å². The summed E-state index contributed by atoms with van der Waals surface area (Å²) < 4.78 is 32.0. The van der Waals surface area contributed by atoms with Crippen molar-refractivity contribution in [2.45, 2.75) is 24.8 Å². The normalized spacial score (nSPS) is 11.6. The molecule has 0 saturated carbocycles.